The minimum Gasteiger partial charge on any atom is -0.381 e. The number of hydrogen-bond donors (Lipinski definition) is 3. The maximum absolute atomic E-state index is 11.4. The predicted molar refractivity (Wildman–Crippen MR) is 89.4 cm³/mol. The summed E-state index contributed by atoms with van der Waals surface area (Å²) in [4.78, 5) is 11.4. The van der Waals surface area contributed by atoms with E-state index in [-0.39, 0.29) is 5.91 Å². The topological polar surface area (TPSA) is 67.1 Å². The molecule has 0 aliphatic heterocycles. The van der Waals surface area contributed by atoms with Gasteiger partial charge in [0.15, 0.2) is 0 Å². The monoisotopic (exact) mass is 291 g/mol. The zero-order valence-corrected chi connectivity index (χ0v) is 12.0. The molecule has 0 fully saturated rings. The quantitative estimate of drug-likeness (QED) is 0.393. The Labute approximate surface area is 128 Å². The predicted octanol–water partition coefficient (Wildman–Crippen LogP) is 3.06. The van der Waals surface area contributed by atoms with E-state index in [1.54, 1.807) is 12.1 Å². The lowest BCUT2D eigenvalue weighted by Crippen LogP contribution is -2.29. The molecule has 3 rings (SSSR count). The number of amides is 1. The highest BCUT2D eigenvalue weighted by molar-refractivity contribution is 5.93. The van der Waals surface area contributed by atoms with Crippen LogP contribution in [0.15, 0.2) is 66.7 Å². The highest BCUT2D eigenvalue weighted by Crippen LogP contribution is 2.19. The molecule has 3 aromatic rings. The number of nitrogens with one attached hydrogen (secondary N) is 2. The maximum atomic E-state index is 11.4. The average molecular weight is 291 g/mol. The molecule has 110 valence electrons. The summed E-state index contributed by atoms with van der Waals surface area (Å²) in [5, 5.41) is 5.83. The zero-order chi connectivity index (χ0) is 15.4. The summed E-state index contributed by atoms with van der Waals surface area (Å²) in [5.74, 6) is 4.83. The molecule has 0 unspecified atom stereocenters. The molecule has 4 N–H and O–H groups in total. The zero-order valence-electron chi connectivity index (χ0n) is 12.0. The van der Waals surface area contributed by atoms with E-state index in [4.69, 9.17) is 5.84 Å². The minimum atomic E-state index is -0.283. The summed E-state index contributed by atoms with van der Waals surface area (Å²) in [5.41, 5.74) is 4.84. The second-order valence-electron chi connectivity index (χ2n) is 5.09. The van der Waals surface area contributed by atoms with E-state index in [0.29, 0.717) is 12.1 Å². The molecule has 0 saturated heterocycles. The molecular formula is C18H17N3O. The number of benzene rings is 3. The largest absolute Gasteiger partial charge is 0.381 e. The third-order valence-electron chi connectivity index (χ3n) is 3.59. The second-order valence-corrected chi connectivity index (χ2v) is 5.09. The van der Waals surface area contributed by atoms with Gasteiger partial charge in [-0.25, -0.2) is 5.84 Å². The molecule has 1 amide bonds. The van der Waals surface area contributed by atoms with Gasteiger partial charge in [0.25, 0.3) is 5.91 Å². The van der Waals surface area contributed by atoms with Gasteiger partial charge in [-0.15, -0.1) is 0 Å². The fourth-order valence-corrected chi connectivity index (χ4v) is 2.36. The number of fused-ring (bicyclic) bond motifs is 1. The summed E-state index contributed by atoms with van der Waals surface area (Å²) in [6.45, 7) is 0.697. The van der Waals surface area contributed by atoms with Gasteiger partial charge in [0.2, 0.25) is 0 Å². The minimum absolute atomic E-state index is 0.283. The summed E-state index contributed by atoms with van der Waals surface area (Å²) < 4.78 is 0. The molecule has 0 atom stereocenters. The first-order chi connectivity index (χ1) is 10.8. The van der Waals surface area contributed by atoms with Crippen molar-refractivity contribution in [1.82, 2.24) is 5.43 Å². The molecule has 3 aromatic carbocycles. The van der Waals surface area contributed by atoms with Gasteiger partial charge in [0.1, 0.15) is 0 Å². The number of nitrogen functional groups attached to an aromatic ring is 1. The van der Waals surface area contributed by atoms with Gasteiger partial charge in [-0.2, -0.15) is 0 Å². The molecule has 0 saturated carbocycles. The Morgan fingerprint density at radius 2 is 1.64 bits per heavy atom. The average Bonchev–Trinajstić information content (AvgIpc) is 2.59. The lowest BCUT2D eigenvalue weighted by molar-refractivity contribution is 0.0953. The van der Waals surface area contributed by atoms with Crippen LogP contribution in [0.5, 0.6) is 0 Å². The van der Waals surface area contributed by atoms with Crippen LogP contribution in [0.4, 0.5) is 5.69 Å². The van der Waals surface area contributed by atoms with E-state index >= 15 is 0 Å². The lowest BCUT2D eigenvalue weighted by atomic mass is 10.1. The van der Waals surface area contributed by atoms with Crippen LogP contribution in [0.3, 0.4) is 0 Å². The van der Waals surface area contributed by atoms with Crippen molar-refractivity contribution in [2.24, 2.45) is 5.84 Å². The van der Waals surface area contributed by atoms with E-state index in [0.717, 1.165) is 11.3 Å². The third kappa shape index (κ3) is 3.07. The van der Waals surface area contributed by atoms with Crippen LogP contribution in [0.2, 0.25) is 0 Å². The molecule has 0 aromatic heterocycles. The van der Waals surface area contributed by atoms with Crippen molar-refractivity contribution < 1.29 is 4.79 Å². The van der Waals surface area contributed by atoms with Crippen LogP contribution in [0, 0.1) is 0 Å². The van der Waals surface area contributed by atoms with Crippen molar-refractivity contribution in [2.45, 2.75) is 6.54 Å². The molecule has 0 heterocycles. The second kappa shape index (κ2) is 6.28. The van der Waals surface area contributed by atoms with Gasteiger partial charge in [-0.05, 0) is 40.6 Å². The molecule has 22 heavy (non-hydrogen) atoms. The fourth-order valence-electron chi connectivity index (χ4n) is 2.36. The summed E-state index contributed by atoms with van der Waals surface area (Å²) in [6, 6.07) is 21.9. The highest BCUT2D eigenvalue weighted by atomic mass is 16.2. The van der Waals surface area contributed by atoms with Crippen LogP contribution >= 0.6 is 0 Å². The number of anilines is 1. The Morgan fingerprint density at radius 1 is 0.909 bits per heavy atom. The molecule has 0 aliphatic carbocycles. The van der Waals surface area contributed by atoms with Crippen molar-refractivity contribution in [3.8, 4) is 0 Å². The first kappa shape index (κ1) is 14.1. The van der Waals surface area contributed by atoms with Crippen molar-refractivity contribution >= 4 is 22.4 Å². The summed E-state index contributed by atoms with van der Waals surface area (Å²) in [6.07, 6.45) is 0. The first-order valence-electron chi connectivity index (χ1n) is 7.09. The van der Waals surface area contributed by atoms with Crippen molar-refractivity contribution in [2.75, 3.05) is 5.32 Å². The Morgan fingerprint density at radius 3 is 2.36 bits per heavy atom. The van der Waals surface area contributed by atoms with E-state index < -0.39 is 0 Å². The number of carbonyl (C=O) groups is 1. The summed E-state index contributed by atoms with van der Waals surface area (Å²) >= 11 is 0. The van der Waals surface area contributed by atoms with Gasteiger partial charge in [0, 0.05) is 17.8 Å². The number of hydrazine groups is 1. The Balaban J connectivity index is 1.69. The smallest absolute Gasteiger partial charge is 0.265 e. The standard InChI is InChI=1S/C18H17N3O/c19-21-18(22)15-7-5-13(6-8-15)12-20-17-10-9-14-3-1-2-4-16(14)11-17/h1-11,20H,12,19H2,(H,21,22). The molecule has 0 radical (unpaired) electrons. The number of nitrogens with two attached hydrogens (primary N) is 1. The summed E-state index contributed by atoms with van der Waals surface area (Å²) in [7, 11) is 0. The van der Waals surface area contributed by atoms with Crippen LogP contribution in [0.1, 0.15) is 15.9 Å². The van der Waals surface area contributed by atoms with E-state index in [1.807, 2.05) is 24.3 Å². The van der Waals surface area contributed by atoms with E-state index in [9.17, 15) is 4.79 Å². The van der Waals surface area contributed by atoms with Gasteiger partial charge < -0.3 is 5.32 Å². The molecule has 0 spiro atoms. The SMILES string of the molecule is NNC(=O)c1ccc(CNc2ccc3ccccc3c2)cc1. The van der Waals surface area contributed by atoms with Crippen LogP contribution < -0.4 is 16.6 Å². The maximum Gasteiger partial charge on any atom is 0.265 e. The number of rotatable bonds is 4. The Kier molecular flexibility index (Phi) is 4.03. The van der Waals surface area contributed by atoms with E-state index in [1.165, 1.54) is 10.8 Å². The molecule has 0 bridgehead atoms. The van der Waals surface area contributed by atoms with Crippen LogP contribution in [0.25, 0.3) is 10.8 Å². The molecule has 4 heteroatoms. The van der Waals surface area contributed by atoms with Gasteiger partial charge in [-0.1, -0.05) is 42.5 Å². The fraction of sp³-hybridized carbons (Fsp3) is 0.0556. The number of hydrogen-bond acceptors (Lipinski definition) is 3. The third-order valence-corrected chi connectivity index (χ3v) is 3.59. The van der Waals surface area contributed by atoms with Crippen LogP contribution in [-0.4, -0.2) is 5.91 Å². The number of carbonyl (C=O) groups excluding carboxylic acids is 1. The Bertz CT molecular complexity index is 797. The molecule has 4 nitrogen and oxygen atoms in total. The molecule has 0 aliphatic rings. The Hall–Kier alpha value is -2.85. The van der Waals surface area contributed by atoms with Gasteiger partial charge in [0.05, 0.1) is 0 Å². The van der Waals surface area contributed by atoms with Crippen molar-refractivity contribution in [1.29, 1.82) is 0 Å². The van der Waals surface area contributed by atoms with Gasteiger partial charge >= 0.3 is 0 Å². The molecular weight excluding hydrogens is 274 g/mol. The normalized spacial score (nSPS) is 10.4. The van der Waals surface area contributed by atoms with Gasteiger partial charge in [-0.3, -0.25) is 10.2 Å². The first-order valence-corrected chi connectivity index (χ1v) is 7.09. The van der Waals surface area contributed by atoms with Crippen LogP contribution in [-0.2, 0) is 6.54 Å². The highest BCUT2D eigenvalue weighted by Gasteiger charge is 2.02. The van der Waals surface area contributed by atoms with Crippen molar-refractivity contribution in [3.05, 3.63) is 77.9 Å². The lowest BCUT2D eigenvalue weighted by Gasteiger charge is -2.08. The van der Waals surface area contributed by atoms with Crippen molar-refractivity contribution in [3.63, 3.8) is 0 Å². The van der Waals surface area contributed by atoms with E-state index in [2.05, 4.69) is 41.1 Å².